The molecule has 0 spiro atoms. The van der Waals surface area contributed by atoms with Gasteiger partial charge in [0, 0.05) is 11.0 Å². The number of aryl methyl sites for hydroxylation is 1. The molecular weight excluding hydrogens is 297 g/mol. The van der Waals surface area contributed by atoms with Crippen molar-refractivity contribution in [2.75, 3.05) is 5.73 Å². The Labute approximate surface area is 139 Å². The second-order valence-electron chi connectivity index (χ2n) is 5.61. The molecule has 3 rings (SSSR count). The zero-order valence-electron chi connectivity index (χ0n) is 13.4. The smallest absolute Gasteiger partial charge is 0.0431 e. The largest absolute Gasteiger partial charge is 0.398 e. The van der Waals surface area contributed by atoms with E-state index in [1.807, 2.05) is 0 Å². The van der Waals surface area contributed by atoms with Crippen molar-refractivity contribution >= 4 is 29.5 Å². The number of nitrogens with two attached hydrogens (primary N) is 1. The lowest BCUT2D eigenvalue weighted by atomic mass is 10.1. The fourth-order valence-corrected chi connectivity index (χ4v) is 5.28. The Morgan fingerprint density at radius 3 is 1.83 bits per heavy atom. The molecule has 2 N–H and O–H groups in total. The molecule has 0 unspecified atom stereocenters. The van der Waals surface area contributed by atoms with Gasteiger partial charge in [-0.2, -0.15) is 0 Å². The van der Waals surface area contributed by atoms with E-state index in [4.69, 9.17) is 5.73 Å². The first-order chi connectivity index (χ1) is 11.3. The Hall–Kier alpha value is -2.11. The highest BCUT2D eigenvalue weighted by atomic mass is 31.1. The minimum absolute atomic E-state index is 0.619. The Morgan fingerprint density at radius 1 is 0.739 bits per heavy atom. The molecular formula is C21H22NP. The van der Waals surface area contributed by atoms with Crippen LogP contribution in [0.15, 0.2) is 78.9 Å². The van der Waals surface area contributed by atoms with Crippen molar-refractivity contribution in [3.8, 4) is 0 Å². The van der Waals surface area contributed by atoms with E-state index in [1.54, 1.807) is 0 Å². The van der Waals surface area contributed by atoms with Gasteiger partial charge in [0.25, 0.3) is 0 Å². The van der Waals surface area contributed by atoms with Crippen LogP contribution in [0.25, 0.3) is 0 Å². The zero-order valence-corrected chi connectivity index (χ0v) is 14.3. The highest BCUT2D eigenvalue weighted by Crippen LogP contribution is 2.35. The van der Waals surface area contributed by atoms with E-state index in [2.05, 4.69) is 85.8 Å². The van der Waals surface area contributed by atoms with Crippen molar-refractivity contribution in [1.29, 1.82) is 0 Å². The van der Waals surface area contributed by atoms with Gasteiger partial charge in [-0.25, -0.2) is 0 Å². The molecule has 0 aliphatic carbocycles. The Kier molecular flexibility index (Phi) is 5.10. The molecule has 3 aromatic carbocycles. The highest BCUT2D eigenvalue weighted by molar-refractivity contribution is 7.80. The van der Waals surface area contributed by atoms with Crippen LogP contribution >= 0.6 is 7.92 Å². The van der Waals surface area contributed by atoms with Gasteiger partial charge in [0.2, 0.25) is 0 Å². The number of para-hydroxylation sites is 1. The van der Waals surface area contributed by atoms with Crippen molar-refractivity contribution in [1.82, 2.24) is 0 Å². The Balaban J connectivity index is 2.15. The van der Waals surface area contributed by atoms with Gasteiger partial charge in [0.05, 0.1) is 0 Å². The average molecular weight is 319 g/mol. The molecule has 0 bridgehead atoms. The van der Waals surface area contributed by atoms with E-state index in [9.17, 15) is 0 Å². The van der Waals surface area contributed by atoms with Gasteiger partial charge in [0.1, 0.15) is 0 Å². The van der Waals surface area contributed by atoms with Crippen molar-refractivity contribution in [2.45, 2.75) is 19.8 Å². The summed E-state index contributed by atoms with van der Waals surface area (Å²) in [5, 5.41) is 3.95. The van der Waals surface area contributed by atoms with Crippen LogP contribution in [0, 0.1) is 0 Å². The highest BCUT2D eigenvalue weighted by Gasteiger charge is 2.19. The summed E-state index contributed by atoms with van der Waals surface area (Å²) in [6, 6.07) is 27.9. The maximum atomic E-state index is 6.56. The molecule has 0 saturated carbocycles. The van der Waals surface area contributed by atoms with Crippen LogP contribution in [0.2, 0.25) is 0 Å². The Morgan fingerprint density at radius 2 is 1.30 bits per heavy atom. The lowest BCUT2D eigenvalue weighted by molar-refractivity contribution is 0.925. The van der Waals surface area contributed by atoms with Crippen LogP contribution < -0.4 is 21.6 Å². The van der Waals surface area contributed by atoms with Gasteiger partial charge in [-0.15, -0.1) is 0 Å². The minimum atomic E-state index is -0.619. The van der Waals surface area contributed by atoms with Gasteiger partial charge < -0.3 is 5.73 Å². The summed E-state index contributed by atoms with van der Waals surface area (Å²) in [5.41, 5.74) is 8.80. The predicted molar refractivity (Wildman–Crippen MR) is 104 cm³/mol. The number of nitrogen functional groups attached to an aromatic ring is 1. The van der Waals surface area contributed by atoms with Gasteiger partial charge in [-0.1, -0.05) is 92.2 Å². The first kappa shape index (κ1) is 15.8. The maximum Gasteiger partial charge on any atom is 0.0431 e. The normalized spacial score (nSPS) is 10.9. The molecule has 116 valence electrons. The van der Waals surface area contributed by atoms with Gasteiger partial charge in [0.15, 0.2) is 0 Å². The zero-order chi connectivity index (χ0) is 16.1. The molecule has 2 heteroatoms. The minimum Gasteiger partial charge on any atom is -0.398 e. The second-order valence-corrected chi connectivity index (χ2v) is 7.79. The van der Waals surface area contributed by atoms with Crippen LogP contribution in [-0.4, -0.2) is 0 Å². The average Bonchev–Trinajstić information content (AvgIpc) is 2.60. The van der Waals surface area contributed by atoms with Gasteiger partial charge in [-0.05, 0) is 30.5 Å². The third kappa shape index (κ3) is 3.46. The van der Waals surface area contributed by atoms with E-state index in [1.165, 1.54) is 21.5 Å². The summed E-state index contributed by atoms with van der Waals surface area (Å²) in [6.45, 7) is 2.20. The first-order valence-electron chi connectivity index (χ1n) is 8.09. The third-order valence-electron chi connectivity index (χ3n) is 3.96. The molecule has 1 nitrogen and oxygen atoms in total. The SMILES string of the molecule is CCCc1cccc(P(c2ccccc2)c2ccccc2)c1N. The van der Waals surface area contributed by atoms with E-state index >= 15 is 0 Å². The molecule has 0 aromatic heterocycles. The summed E-state index contributed by atoms with van der Waals surface area (Å²) in [6.07, 6.45) is 2.15. The molecule has 0 saturated heterocycles. The van der Waals surface area contributed by atoms with Gasteiger partial charge >= 0.3 is 0 Å². The molecule has 23 heavy (non-hydrogen) atoms. The molecule has 0 heterocycles. The maximum absolute atomic E-state index is 6.56. The lowest BCUT2D eigenvalue weighted by Crippen LogP contribution is -2.23. The molecule has 3 aromatic rings. The first-order valence-corrected chi connectivity index (χ1v) is 9.43. The lowest BCUT2D eigenvalue weighted by Gasteiger charge is -2.22. The fraction of sp³-hybridized carbons (Fsp3) is 0.143. The number of hydrogen-bond acceptors (Lipinski definition) is 1. The van der Waals surface area contributed by atoms with Crippen molar-refractivity contribution in [3.05, 3.63) is 84.4 Å². The summed E-state index contributed by atoms with van der Waals surface area (Å²) in [7, 11) is -0.619. The number of hydrogen-bond donors (Lipinski definition) is 1. The Bertz CT molecular complexity index is 714. The molecule has 0 aliphatic rings. The molecule has 0 radical (unpaired) electrons. The third-order valence-corrected chi connectivity index (χ3v) is 6.46. The standard InChI is InChI=1S/C21H22NP/c1-2-10-17-11-9-16-20(21(17)22)23(18-12-5-3-6-13-18)19-14-7-4-8-15-19/h3-9,11-16H,2,10,22H2,1H3. The molecule has 0 fully saturated rings. The van der Waals surface area contributed by atoms with Crippen molar-refractivity contribution in [2.24, 2.45) is 0 Å². The van der Waals surface area contributed by atoms with E-state index in [0.29, 0.717) is 0 Å². The summed E-state index contributed by atoms with van der Waals surface area (Å²) < 4.78 is 0. The molecule has 0 amide bonds. The number of anilines is 1. The van der Waals surface area contributed by atoms with E-state index in [0.717, 1.165) is 18.5 Å². The fourth-order valence-electron chi connectivity index (χ4n) is 2.86. The van der Waals surface area contributed by atoms with Crippen LogP contribution in [0.5, 0.6) is 0 Å². The summed E-state index contributed by atoms with van der Waals surface area (Å²) >= 11 is 0. The van der Waals surface area contributed by atoms with E-state index in [-0.39, 0.29) is 0 Å². The topological polar surface area (TPSA) is 26.0 Å². The van der Waals surface area contributed by atoms with Crippen molar-refractivity contribution in [3.63, 3.8) is 0 Å². The van der Waals surface area contributed by atoms with Crippen LogP contribution in [0.1, 0.15) is 18.9 Å². The predicted octanol–water partition coefficient (Wildman–Crippen LogP) is 3.98. The molecule has 0 atom stereocenters. The van der Waals surface area contributed by atoms with Gasteiger partial charge in [-0.3, -0.25) is 0 Å². The van der Waals surface area contributed by atoms with Crippen LogP contribution in [0.4, 0.5) is 5.69 Å². The van der Waals surface area contributed by atoms with Crippen LogP contribution in [0.3, 0.4) is 0 Å². The van der Waals surface area contributed by atoms with Crippen molar-refractivity contribution < 1.29 is 0 Å². The summed E-state index contributed by atoms with van der Waals surface area (Å²) in [4.78, 5) is 0. The number of rotatable bonds is 5. The number of benzene rings is 3. The summed E-state index contributed by atoms with van der Waals surface area (Å²) in [5.74, 6) is 0. The molecule has 0 aliphatic heterocycles. The second kappa shape index (κ2) is 7.44. The van der Waals surface area contributed by atoms with Crippen LogP contribution in [-0.2, 0) is 6.42 Å². The van der Waals surface area contributed by atoms with E-state index < -0.39 is 7.92 Å². The quantitative estimate of drug-likeness (QED) is 0.559. The monoisotopic (exact) mass is 319 g/mol.